The Morgan fingerprint density at radius 3 is 1.68 bits per heavy atom. The average Bonchev–Trinajstić information content (AvgIpc) is 3.96. The van der Waals surface area contributed by atoms with Gasteiger partial charge < -0.3 is 8.98 Å². The fraction of sp³-hybridized carbons (Fsp3) is 0. The molecule has 57 heavy (non-hydrogen) atoms. The lowest BCUT2D eigenvalue weighted by atomic mass is 9.99. The van der Waals surface area contributed by atoms with Crippen molar-refractivity contribution in [3.8, 4) is 51.0 Å². The molecule has 12 aromatic rings. The summed E-state index contributed by atoms with van der Waals surface area (Å²) in [5.74, 6) is 1.86. The highest BCUT2D eigenvalue weighted by Crippen LogP contribution is 2.45. The van der Waals surface area contributed by atoms with E-state index in [-0.39, 0.29) is 0 Å². The van der Waals surface area contributed by atoms with Crippen LogP contribution < -0.4 is 0 Å². The molecule has 0 unspecified atom stereocenters. The van der Waals surface area contributed by atoms with Crippen LogP contribution in [-0.2, 0) is 0 Å². The quantitative estimate of drug-likeness (QED) is 0.176. The Morgan fingerprint density at radius 1 is 0.421 bits per heavy atom. The monoisotopic (exact) mass is 746 g/mol. The molecule has 0 spiro atoms. The number of rotatable bonds is 5. The van der Waals surface area contributed by atoms with E-state index < -0.39 is 0 Å². The van der Waals surface area contributed by atoms with Crippen molar-refractivity contribution in [3.05, 3.63) is 182 Å². The molecular formula is C51H30N4OS. The lowest BCUT2D eigenvalue weighted by molar-refractivity contribution is 0.670. The van der Waals surface area contributed by atoms with Gasteiger partial charge >= 0.3 is 0 Å². The number of hydrogen-bond acceptors (Lipinski definition) is 5. The fourth-order valence-electron chi connectivity index (χ4n) is 8.51. The zero-order valence-corrected chi connectivity index (χ0v) is 31.2. The summed E-state index contributed by atoms with van der Waals surface area (Å²) in [5, 5.41) is 7.02. The number of fused-ring (bicyclic) bond motifs is 9. The number of hydrogen-bond donors (Lipinski definition) is 0. The molecule has 6 heteroatoms. The first kappa shape index (κ1) is 31.9. The van der Waals surface area contributed by atoms with Gasteiger partial charge in [0.05, 0.1) is 11.0 Å². The zero-order valence-electron chi connectivity index (χ0n) is 30.4. The van der Waals surface area contributed by atoms with Gasteiger partial charge in [0, 0.05) is 75.2 Å². The maximum atomic E-state index is 6.83. The van der Waals surface area contributed by atoms with E-state index in [1.807, 2.05) is 84.1 Å². The molecule has 12 rings (SSSR count). The van der Waals surface area contributed by atoms with E-state index in [1.54, 1.807) is 0 Å². The number of thiophene rings is 1. The van der Waals surface area contributed by atoms with Crippen molar-refractivity contribution in [2.45, 2.75) is 0 Å². The summed E-state index contributed by atoms with van der Waals surface area (Å²) in [7, 11) is 0. The van der Waals surface area contributed by atoms with Crippen LogP contribution in [0.4, 0.5) is 0 Å². The van der Waals surface area contributed by atoms with Crippen molar-refractivity contribution in [2.75, 3.05) is 0 Å². The maximum Gasteiger partial charge on any atom is 0.164 e. The lowest BCUT2D eigenvalue weighted by Crippen LogP contribution is -2.00. The minimum absolute atomic E-state index is 0.604. The van der Waals surface area contributed by atoms with Gasteiger partial charge in [-0.15, -0.1) is 11.3 Å². The van der Waals surface area contributed by atoms with Crippen molar-refractivity contribution >= 4 is 75.3 Å². The molecule has 0 saturated carbocycles. The van der Waals surface area contributed by atoms with Crippen LogP contribution in [0.1, 0.15) is 0 Å². The molecule has 5 nitrogen and oxygen atoms in total. The van der Waals surface area contributed by atoms with Gasteiger partial charge in [-0.2, -0.15) is 0 Å². The van der Waals surface area contributed by atoms with Crippen molar-refractivity contribution in [2.24, 2.45) is 0 Å². The second-order valence-electron chi connectivity index (χ2n) is 14.3. The van der Waals surface area contributed by atoms with Crippen LogP contribution >= 0.6 is 11.3 Å². The summed E-state index contributed by atoms with van der Waals surface area (Å²) >= 11 is 1.84. The summed E-state index contributed by atoms with van der Waals surface area (Å²) < 4.78 is 11.7. The first-order valence-electron chi connectivity index (χ1n) is 19.0. The predicted octanol–water partition coefficient (Wildman–Crippen LogP) is 13.9. The van der Waals surface area contributed by atoms with Crippen LogP contribution in [0, 0.1) is 0 Å². The normalized spacial score (nSPS) is 11.9. The Hall–Kier alpha value is -7.41. The molecule has 8 aromatic carbocycles. The van der Waals surface area contributed by atoms with Gasteiger partial charge in [0.15, 0.2) is 17.5 Å². The summed E-state index contributed by atoms with van der Waals surface area (Å²) in [6.07, 6.45) is 0. The molecule has 0 aliphatic carbocycles. The minimum Gasteiger partial charge on any atom is -0.455 e. The first-order valence-corrected chi connectivity index (χ1v) is 19.8. The molecule has 0 N–H and O–H groups in total. The SMILES string of the molecule is c1ccc(-c2nc(-c3ccccc3)nc(-c3cccc4oc5c(-c6cccc7c6sc6cc(-n8c9ccccc9c9ccccc98)ccc67)cccc5c34)n2)cc1. The topological polar surface area (TPSA) is 56.7 Å². The van der Waals surface area contributed by atoms with E-state index >= 15 is 0 Å². The van der Waals surface area contributed by atoms with Crippen LogP contribution in [0.5, 0.6) is 0 Å². The lowest BCUT2D eigenvalue weighted by Gasteiger charge is -2.09. The average molecular weight is 747 g/mol. The molecule has 0 fully saturated rings. The van der Waals surface area contributed by atoms with Gasteiger partial charge in [-0.25, -0.2) is 15.0 Å². The van der Waals surface area contributed by atoms with Crippen LogP contribution in [0.25, 0.3) is 115 Å². The van der Waals surface area contributed by atoms with Crippen LogP contribution in [0.15, 0.2) is 186 Å². The van der Waals surface area contributed by atoms with Gasteiger partial charge in [-0.05, 0) is 30.3 Å². The minimum atomic E-state index is 0.604. The summed E-state index contributed by atoms with van der Waals surface area (Å²) in [4.78, 5) is 15.1. The van der Waals surface area contributed by atoms with Gasteiger partial charge in [0.1, 0.15) is 11.2 Å². The summed E-state index contributed by atoms with van der Waals surface area (Å²) in [6, 6.07) is 63.7. The Labute approximate surface area is 330 Å². The van der Waals surface area contributed by atoms with Crippen molar-refractivity contribution in [1.82, 2.24) is 19.5 Å². The van der Waals surface area contributed by atoms with Gasteiger partial charge in [0.2, 0.25) is 0 Å². The van der Waals surface area contributed by atoms with Gasteiger partial charge in [0.25, 0.3) is 0 Å². The van der Waals surface area contributed by atoms with Crippen molar-refractivity contribution < 1.29 is 4.42 Å². The molecule has 0 atom stereocenters. The van der Waals surface area contributed by atoms with Crippen molar-refractivity contribution in [1.29, 1.82) is 0 Å². The third-order valence-electron chi connectivity index (χ3n) is 11.1. The van der Waals surface area contributed by atoms with E-state index in [9.17, 15) is 0 Å². The van der Waals surface area contributed by atoms with Crippen LogP contribution in [0.2, 0.25) is 0 Å². The molecule has 0 amide bonds. The standard InChI is InChI=1S/C51H30N4OS/c1-3-14-31(15-4-1)49-52-50(32-16-5-2-6-17-32)54-51(53-49)41-24-13-27-44-46(41)40-23-11-20-37(47(40)56-44)39-22-12-21-38-36-29-28-33(30-45(36)57-48(38)39)55-42-25-9-7-18-34(42)35-19-8-10-26-43(35)55/h1-30H. The smallest absolute Gasteiger partial charge is 0.164 e. The Balaban J connectivity index is 1.04. The largest absolute Gasteiger partial charge is 0.455 e. The highest BCUT2D eigenvalue weighted by Gasteiger charge is 2.21. The zero-order chi connectivity index (χ0) is 37.5. The molecule has 0 radical (unpaired) electrons. The molecule has 0 aliphatic heterocycles. The highest BCUT2D eigenvalue weighted by molar-refractivity contribution is 7.26. The number of nitrogens with zero attached hydrogens (tertiary/aromatic N) is 4. The van der Waals surface area contributed by atoms with Crippen LogP contribution in [-0.4, -0.2) is 19.5 Å². The maximum absolute atomic E-state index is 6.83. The van der Waals surface area contributed by atoms with Crippen LogP contribution in [0.3, 0.4) is 0 Å². The third-order valence-corrected chi connectivity index (χ3v) is 12.3. The van der Waals surface area contributed by atoms with Gasteiger partial charge in [-0.3, -0.25) is 0 Å². The number of aromatic nitrogens is 4. The van der Waals surface area contributed by atoms with E-state index in [4.69, 9.17) is 19.4 Å². The van der Waals surface area contributed by atoms with E-state index in [0.29, 0.717) is 17.5 Å². The van der Waals surface area contributed by atoms with E-state index in [1.165, 1.54) is 42.0 Å². The Kier molecular flexibility index (Phi) is 7.03. The summed E-state index contributed by atoms with van der Waals surface area (Å²) in [6.45, 7) is 0. The third kappa shape index (κ3) is 4.98. The number of benzene rings is 8. The van der Waals surface area contributed by atoms with Crippen molar-refractivity contribution in [3.63, 3.8) is 0 Å². The predicted molar refractivity (Wildman–Crippen MR) is 236 cm³/mol. The molecule has 0 aliphatic rings. The fourth-order valence-corrected chi connectivity index (χ4v) is 9.78. The molecule has 0 saturated heterocycles. The summed E-state index contributed by atoms with van der Waals surface area (Å²) in [5.41, 5.74) is 10.2. The Bertz CT molecular complexity index is 3420. The number of para-hydroxylation sites is 3. The first-order chi connectivity index (χ1) is 28.3. The second-order valence-corrected chi connectivity index (χ2v) is 15.4. The van der Waals surface area contributed by atoms with E-state index in [0.717, 1.165) is 55.4 Å². The number of furan rings is 1. The molecule has 266 valence electrons. The van der Waals surface area contributed by atoms with Gasteiger partial charge in [-0.1, -0.05) is 152 Å². The molecule has 4 aromatic heterocycles. The second kappa shape index (κ2) is 12.6. The van der Waals surface area contributed by atoms with E-state index in [2.05, 4.69) is 114 Å². The highest BCUT2D eigenvalue weighted by atomic mass is 32.1. The molecular weight excluding hydrogens is 717 g/mol. The molecule has 4 heterocycles. The molecule has 0 bridgehead atoms. The Morgan fingerprint density at radius 2 is 0.982 bits per heavy atom.